The van der Waals surface area contributed by atoms with Gasteiger partial charge in [-0.3, -0.25) is 9.59 Å². The standard InChI is InChI=1S/C21H21FN2O3S/c1-12-4-3-5-16(13(12)2)23-20(25)17-10-28-11-24(17)21(26)19-9-14-8-15(22)6-7-18(14)27-19/h3-8,17,19H,9-11H2,1-2H3,(H,23,25)/t17-,19-/m0/s1. The lowest BCUT2D eigenvalue weighted by Gasteiger charge is -2.25. The zero-order valence-electron chi connectivity index (χ0n) is 15.7. The fourth-order valence-electron chi connectivity index (χ4n) is 3.52. The molecule has 7 heteroatoms. The maximum atomic E-state index is 13.4. The largest absolute Gasteiger partial charge is 0.480 e. The van der Waals surface area contributed by atoms with Gasteiger partial charge in [0.05, 0.1) is 5.88 Å². The van der Waals surface area contributed by atoms with Gasteiger partial charge in [-0.1, -0.05) is 12.1 Å². The smallest absolute Gasteiger partial charge is 0.265 e. The second-order valence-corrected chi connectivity index (χ2v) is 8.12. The average molecular weight is 400 g/mol. The van der Waals surface area contributed by atoms with Gasteiger partial charge in [0.25, 0.3) is 5.91 Å². The minimum Gasteiger partial charge on any atom is -0.480 e. The monoisotopic (exact) mass is 400 g/mol. The maximum Gasteiger partial charge on any atom is 0.265 e. The van der Waals surface area contributed by atoms with Gasteiger partial charge in [-0.05, 0) is 49.2 Å². The highest BCUT2D eigenvalue weighted by molar-refractivity contribution is 7.99. The number of carbonyl (C=O) groups excluding carboxylic acids is 2. The molecule has 2 aliphatic rings. The van der Waals surface area contributed by atoms with Gasteiger partial charge in [0.1, 0.15) is 17.6 Å². The third kappa shape index (κ3) is 3.46. The van der Waals surface area contributed by atoms with Crippen molar-refractivity contribution in [2.24, 2.45) is 0 Å². The van der Waals surface area contributed by atoms with E-state index < -0.39 is 12.1 Å². The van der Waals surface area contributed by atoms with Crippen molar-refractivity contribution in [1.29, 1.82) is 0 Å². The van der Waals surface area contributed by atoms with Crippen molar-refractivity contribution in [1.82, 2.24) is 4.90 Å². The highest BCUT2D eigenvalue weighted by Crippen LogP contribution is 2.32. The number of nitrogens with zero attached hydrogens (tertiary/aromatic N) is 1. The van der Waals surface area contributed by atoms with Crippen LogP contribution >= 0.6 is 11.8 Å². The van der Waals surface area contributed by atoms with E-state index in [0.29, 0.717) is 29.4 Å². The molecule has 0 spiro atoms. The highest BCUT2D eigenvalue weighted by atomic mass is 32.2. The van der Waals surface area contributed by atoms with Gasteiger partial charge in [0.2, 0.25) is 5.91 Å². The molecule has 1 N–H and O–H groups in total. The fraction of sp³-hybridized carbons (Fsp3) is 0.333. The lowest BCUT2D eigenvalue weighted by atomic mass is 10.1. The van der Waals surface area contributed by atoms with Crippen molar-refractivity contribution in [3.05, 3.63) is 58.9 Å². The number of aryl methyl sites for hydroxylation is 1. The Bertz CT molecular complexity index is 949. The fourth-order valence-corrected chi connectivity index (χ4v) is 4.68. The third-order valence-corrected chi connectivity index (χ3v) is 6.32. The summed E-state index contributed by atoms with van der Waals surface area (Å²) in [7, 11) is 0. The summed E-state index contributed by atoms with van der Waals surface area (Å²) in [6.07, 6.45) is -0.398. The van der Waals surface area contributed by atoms with E-state index in [-0.39, 0.29) is 17.6 Å². The Balaban J connectivity index is 1.47. The molecule has 28 heavy (non-hydrogen) atoms. The molecule has 2 aromatic rings. The number of amides is 2. The molecule has 4 rings (SSSR count). The summed E-state index contributed by atoms with van der Waals surface area (Å²) in [6, 6.07) is 9.45. The van der Waals surface area contributed by atoms with Crippen LogP contribution < -0.4 is 10.1 Å². The molecule has 1 saturated heterocycles. The molecule has 0 unspecified atom stereocenters. The number of hydrogen-bond acceptors (Lipinski definition) is 4. The quantitative estimate of drug-likeness (QED) is 0.859. The molecule has 0 radical (unpaired) electrons. The predicted octanol–water partition coefficient (Wildman–Crippen LogP) is 3.29. The lowest BCUT2D eigenvalue weighted by Crippen LogP contribution is -2.49. The zero-order chi connectivity index (χ0) is 19.8. The molecule has 2 aliphatic heterocycles. The summed E-state index contributed by atoms with van der Waals surface area (Å²) in [4.78, 5) is 27.4. The summed E-state index contributed by atoms with van der Waals surface area (Å²) in [5, 5.41) is 2.96. The Labute approximate surface area is 167 Å². The second-order valence-electron chi connectivity index (χ2n) is 7.12. The van der Waals surface area contributed by atoms with Crippen LogP contribution in [0.3, 0.4) is 0 Å². The van der Waals surface area contributed by atoms with E-state index in [1.807, 2.05) is 32.0 Å². The molecule has 2 atom stereocenters. The average Bonchev–Trinajstić information content (AvgIpc) is 3.31. The van der Waals surface area contributed by atoms with Crippen LogP contribution in [0.5, 0.6) is 5.75 Å². The zero-order valence-corrected chi connectivity index (χ0v) is 16.5. The highest BCUT2D eigenvalue weighted by Gasteiger charge is 2.40. The van der Waals surface area contributed by atoms with Crippen LogP contribution in [-0.4, -0.2) is 40.5 Å². The molecule has 146 valence electrons. The van der Waals surface area contributed by atoms with Crippen LogP contribution in [0.4, 0.5) is 10.1 Å². The van der Waals surface area contributed by atoms with Crippen LogP contribution in [0.15, 0.2) is 36.4 Å². The molecular formula is C21H21FN2O3S. The molecule has 5 nitrogen and oxygen atoms in total. The van der Waals surface area contributed by atoms with E-state index in [0.717, 1.165) is 16.8 Å². The van der Waals surface area contributed by atoms with Gasteiger partial charge in [-0.2, -0.15) is 0 Å². The lowest BCUT2D eigenvalue weighted by molar-refractivity contribution is -0.141. The third-order valence-electron chi connectivity index (χ3n) is 5.30. The van der Waals surface area contributed by atoms with Crippen LogP contribution in [0, 0.1) is 19.7 Å². The number of thioether (sulfide) groups is 1. The molecule has 0 aliphatic carbocycles. The number of ether oxygens (including phenoxy) is 1. The van der Waals surface area contributed by atoms with E-state index in [4.69, 9.17) is 4.74 Å². The second kappa shape index (κ2) is 7.47. The van der Waals surface area contributed by atoms with Gasteiger partial charge in [-0.25, -0.2) is 4.39 Å². The van der Waals surface area contributed by atoms with Crippen molar-refractivity contribution in [3.63, 3.8) is 0 Å². The number of nitrogens with one attached hydrogen (secondary N) is 1. The summed E-state index contributed by atoms with van der Waals surface area (Å²) >= 11 is 1.54. The van der Waals surface area contributed by atoms with Crippen molar-refractivity contribution in [2.45, 2.75) is 32.4 Å². The van der Waals surface area contributed by atoms with Crippen LogP contribution in [-0.2, 0) is 16.0 Å². The van der Waals surface area contributed by atoms with E-state index in [2.05, 4.69) is 5.32 Å². The van der Waals surface area contributed by atoms with E-state index >= 15 is 0 Å². The molecule has 0 saturated carbocycles. The van der Waals surface area contributed by atoms with Gasteiger partial charge >= 0.3 is 0 Å². The number of halogens is 1. The minimum atomic E-state index is -0.716. The maximum absolute atomic E-state index is 13.4. The van der Waals surface area contributed by atoms with Crippen molar-refractivity contribution >= 4 is 29.3 Å². The Morgan fingerprint density at radius 1 is 1.25 bits per heavy atom. The minimum absolute atomic E-state index is 0.200. The van der Waals surface area contributed by atoms with Crippen LogP contribution in [0.2, 0.25) is 0 Å². The first kappa shape index (κ1) is 18.8. The normalized spacial score (nSPS) is 20.6. The summed E-state index contributed by atoms with van der Waals surface area (Å²) in [5.41, 5.74) is 3.54. The van der Waals surface area contributed by atoms with Gasteiger partial charge in [0.15, 0.2) is 6.10 Å². The molecule has 1 fully saturated rings. The molecular weight excluding hydrogens is 379 g/mol. The van der Waals surface area contributed by atoms with E-state index in [1.165, 1.54) is 23.9 Å². The Hall–Kier alpha value is -2.54. The van der Waals surface area contributed by atoms with Gasteiger partial charge < -0.3 is 15.0 Å². The van der Waals surface area contributed by atoms with Crippen molar-refractivity contribution in [3.8, 4) is 5.75 Å². The number of hydrogen-bond donors (Lipinski definition) is 1. The van der Waals surface area contributed by atoms with Gasteiger partial charge in [0, 0.05) is 23.4 Å². The first-order chi connectivity index (χ1) is 13.4. The SMILES string of the molecule is Cc1cccc(NC(=O)[C@@H]2CSCN2C(=O)[C@@H]2Cc3cc(F)ccc3O2)c1C. The summed E-state index contributed by atoms with van der Waals surface area (Å²) in [6.45, 7) is 3.95. The Kier molecular flexibility index (Phi) is 5.02. The molecule has 0 bridgehead atoms. The topological polar surface area (TPSA) is 58.6 Å². The number of carbonyl (C=O) groups is 2. The number of benzene rings is 2. The predicted molar refractivity (Wildman–Crippen MR) is 107 cm³/mol. The Morgan fingerprint density at radius 3 is 2.89 bits per heavy atom. The van der Waals surface area contributed by atoms with Crippen molar-refractivity contribution < 1.29 is 18.7 Å². The van der Waals surface area contributed by atoms with E-state index in [9.17, 15) is 14.0 Å². The first-order valence-electron chi connectivity index (χ1n) is 9.14. The molecule has 2 heterocycles. The molecule has 0 aromatic heterocycles. The number of anilines is 1. The summed E-state index contributed by atoms with van der Waals surface area (Å²) in [5.74, 6) is 0.725. The number of rotatable bonds is 3. The molecule has 2 amide bonds. The van der Waals surface area contributed by atoms with Gasteiger partial charge in [-0.15, -0.1) is 11.8 Å². The van der Waals surface area contributed by atoms with E-state index in [1.54, 1.807) is 11.0 Å². The van der Waals surface area contributed by atoms with Crippen LogP contribution in [0.25, 0.3) is 0 Å². The summed E-state index contributed by atoms with van der Waals surface area (Å²) < 4.78 is 19.1. The molecule has 2 aromatic carbocycles. The first-order valence-corrected chi connectivity index (χ1v) is 10.3. The Morgan fingerprint density at radius 2 is 2.07 bits per heavy atom. The number of fused-ring (bicyclic) bond motifs is 1. The van der Waals surface area contributed by atoms with Crippen LogP contribution in [0.1, 0.15) is 16.7 Å². The van der Waals surface area contributed by atoms with Crippen molar-refractivity contribution in [2.75, 3.05) is 16.9 Å².